The van der Waals surface area contributed by atoms with Gasteiger partial charge in [0.2, 0.25) is 11.8 Å². The number of amidine groups is 1. The SMILES string of the molecule is CC#CCc1nc(CO)nc2c1CCN2C(=O)c1cnc(NC2SNC(=O)C2C(N)=NCc2cccc3c2NC(=O)C3)s1. The van der Waals surface area contributed by atoms with E-state index in [4.69, 9.17) is 5.73 Å². The molecule has 1 saturated heterocycles. The summed E-state index contributed by atoms with van der Waals surface area (Å²) in [5, 5.41) is 15.7. The highest BCUT2D eigenvalue weighted by molar-refractivity contribution is 7.99. The molecule has 2 unspecified atom stereocenters. The summed E-state index contributed by atoms with van der Waals surface area (Å²) in [6.45, 7) is 2.03. The molecule has 15 heteroatoms. The molecule has 1 aromatic carbocycles. The fourth-order valence-electron chi connectivity index (χ4n) is 5.17. The number of nitrogens with one attached hydrogen (secondary N) is 3. The molecule has 3 amide bonds. The predicted octanol–water partition coefficient (Wildman–Crippen LogP) is 1.38. The van der Waals surface area contributed by atoms with E-state index in [1.54, 1.807) is 11.8 Å². The fourth-order valence-corrected chi connectivity index (χ4v) is 6.99. The Kier molecular flexibility index (Phi) is 7.98. The first-order valence-electron chi connectivity index (χ1n) is 13.5. The fraction of sp³-hybridized carbons (Fsp3) is 0.321. The summed E-state index contributed by atoms with van der Waals surface area (Å²) in [5.41, 5.74) is 10.3. The van der Waals surface area contributed by atoms with Crippen LogP contribution >= 0.6 is 23.3 Å². The summed E-state index contributed by atoms with van der Waals surface area (Å²) < 4.78 is 2.74. The highest BCUT2D eigenvalue weighted by atomic mass is 32.2. The van der Waals surface area contributed by atoms with Gasteiger partial charge in [0.05, 0.1) is 31.3 Å². The quantitative estimate of drug-likeness (QED) is 0.107. The van der Waals surface area contributed by atoms with Crippen LogP contribution in [0.25, 0.3) is 0 Å². The number of amides is 3. The van der Waals surface area contributed by atoms with E-state index >= 15 is 0 Å². The lowest BCUT2D eigenvalue weighted by molar-refractivity contribution is -0.120. The summed E-state index contributed by atoms with van der Waals surface area (Å²) in [6, 6.07) is 5.62. The van der Waals surface area contributed by atoms with Crippen molar-refractivity contribution in [2.45, 2.75) is 44.7 Å². The largest absolute Gasteiger partial charge is 0.388 e. The van der Waals surface area contributed by atoms with Gasteiger partial charge in [-0.1, -0.05) is 35.5 Å². The number of hydrogen-bond donors (Lipinski definition) is 5. The Labute approximate surface area is 254 Å². The van der Waals surface area contributed by atoms with E-state index in [-0.39, 0.29) is 42.5 Å². The van der Waals surface area contributed by atoms with Gasteiger partial charge in [-0.15, -0.1) is 5.92 Å². The van der Waals surface area contributed by atoms with Gasteiger partial charge in [-0.25, -0.2) is 15.0 Å². The minimum Gasteiger partial charge on any atom is -0.388 e. The molecule has 6 rings (SSSR count). The molecule has 13 nitrogen and oxygen atoms in total. The summed E-state index contributed by atoms with van der Waals surface area (Å²) >= 11 is 2.32. The molecule has 0 radical (unpaired) electrons. The first-order chi connectivity index (χ1) is 20.9. The average molecular weight is 618 g/mol. The van der Waals surface area contributed by atoms with Crippen molar-refractivity contribution >= 4 is 63.5 Å². The van der Waals surface area contributed by atoms with Crippen molar-refractivity contribution in [2.24, 2.45) is 16.6 Å². The first-order valence-corrected chi connectivity index (χ1v) is 15.1. The topological polar surface area (TPSA) is 188 Å². The zero-order valence-electron chi connectivity index (χ0n) is 23.0. The van der Waals surface area contributed by atoms with E-state index in [0.717, 1.165) is 45.7 Å². The van der Waals surface area contributed by atoms with Crippen molar-refractivity contribution < 1.29 is 19.5 Å². The second kappa shape index (κ2) is 12.0. The van der Waals surface area contributed by atoms with Crippen LogP contribution < -0.4 is 26.0 Å². The number of aromatic nitrogens is 3. The van der Waals surface area contributed by atoms with Gasteiger partial charge in [0.25, 0.3) is 5.91 Å². The predicted molar refractivity (Wildman–Crippen MR) is 163 cm³/mol. The molecular formula is C28H27N9O4S2. The molecule has 0 bridgehead atoms. The van der Waals surface area contributed by atoms with Crippen LogP contribution in [0.4, 0.5) is 16.6 Å². The lowest BCUT2D eigenvalue weighted by atomic mass is 10.1. The summed E-state index contributed by atoms with van der Waals surface area (Å²) in [6.07, 6.45) is 2.80. The van der Waals surface area contributed by atoms with E-state index in [0.29, 0.717) is 47.3 Å². The number of thiazole rings is 1. The van der Waals surface area contributed by atoms with Gasteiger partial charge >= 0.3 is 0 Å². The Hall–Kier alpha value is -4.52. The molecule has 43 heavy (non-hydrogen) atoms. The van der Waals surface area contributed by atoms with Gasteiger partial charge in [-0.2, -0.15) is 0 Å². The maximum Gasteiger partial charge on any atom is 0.271 e. The third-order valence-electron chi connectivity index (χ3n) is 7.23. The Morgan fingerprint density at radius 1 is 1.33 bits per heavy atom. The monoisotopic (exact) mass is 617 g/mol. The van der Waals surface area contributed by atoms with Crippen molar-refractivity contribution in [2.75, 3.05) is 22.1 Å². The maximum absolute atomic E-state index is 13.5. The standard InChI is InChI=1S/C28H27N9O4S2/c1-2-3-7-17-16-8-9-37(24(16)33-19(13-38)32-17)27(41)18-12-31-28(42-18)35-26-21(25(40)36-43-26)23(29)30-11-15-6-4-5-14-10-20(39)34-22(14)15/h4-6,12,21,26,38H,7-11,13H2,1H3,(H2,29,30)(H,31,35)(H,34,39)(H,36,40). The molecule has 2 aromatic heterocycles. The molecule has 2 atom stereocenters. The van der Waals surface area contributed by atoms with E-state index < -0.39 is 11.3 Å². The minimum atomic E-state index is -0.775. The van der Waals surface area contributed by atoms with Crippen molar-refractivity contribution in [3.05, 3.63) is 57.5 Å². The molecule has 5 heterocycles. The number of aliphatic hydroxyl groups is 1. The number of aliphatic hydroxyl groups excluding tert-OH is 1. The van der Waals surface area contributed by atoms with Crippen LogP contribution in [0.1, 0.15) is 44.8 Å². The lowest BCUT2D eigenvalue weighted by Gasteiger charge is -2.17. The highest BCUT2D eigenvalue weighted by Crippen LogP contribution is 2.34. The second-order valence-corrected chi connectivity index (χ2v) is 11.9. The number of benzene rings is 1. The molecular weight excluding hydrogens is 591 g/mol. The summed E-state index contributed by atoms with van der Waals surface area (Å²) in [4.78, 5) is 57.7. The number of carbonyl (C=O) groups is 3. The van der Waals surface area contributed by atoms with Crippen LogP contribution in [-0.2, 0) is 42.0 Å². The van der Waals surface area contributed by atoms with Crippen molar-refractivity contribution in [3.8, 4) is 11.8 Å². The average Bonchev–Trinajstić information content (AvgIpc) is 3.80. The van der Waals surface area contributed by atoms with Gasteiger partial charge in [0.15, 0.2) is 11.0 Å². The molecule has 1 fully saturated rings. The van der Waals surface area contributed by atoms with Crippen LogP contribution in [0.3, 0.4) is 0 Å². The first kappa shape index (κ1) is 28.6. The van der Waals surface area contributed by atoms with Crippen molar-refractivity contribution in [3.63, 3.8) is 0 Å². The highest BCUT2D eigenvalue weighted by Gasteiger charge is 2.40. The van der Waals surface area contributed by atoms with Gasteiger partial charge in [0, 0.05) is 17.8 Å². The molecule has 3 aliphatic heterocycles. The number of aliphatic imine (C=N–C) groups is 1. The Bertz CT molecular complexity index is 1730. The third-order valence-corrected chi connectivity index (χ3v) is 9.11. The second-order valence-electron chi connectivity index (χ2n) is 9.93. The molecule has 0 saturated carbocycles. The molecule has 220 valence electrons. The van der Waals surface area contributed by atoms with E-state index in [9.17, 15) is 19.5 Å². The third kappa shape index (κ3) is 5.64. The molecule has 0 aliphatic carbocycles. The number of nitrogens with two attached hydrogens (primary N) is 1. The molecule has 3 aliphatic rings. The molecule has 6 N–H and O–H groups in total. The number of fused-ring (bicyclic) bond motifs is 2. The zero-order chi connectivity index (χ0) is 30.1. The summed E-state index contributed by atoms with van der Waals surface area (Å²) in [7, 11) is 0. The Morgan fingerprint density at radius 2 is 2.19 bits per heavy atom. The maximum atomic E-state index is 13.5. The number of carbonyl (C=O) groups excluding carboxylic acids is 3. The van der Waals surface area contributed by atoms with Crippen LogP contribution in [-0.4, -0.2) is 55.5 Å². The van der Waals surface area contributed by atoms with Crippen molar-refractivity contribution in [1.82, 2.24) is 19.7 Å². The van der Waals surface area contributed by atoms with Crippen LogP contribution in [0.2, 0.25) is 0 Å². The van der Waals surface area contributed by atoms with E-state index in [1.807, 2.05) is 18.2 Å². The number of para-hydroxylation sites is 1. The smallest absolute Gasteiger partial charge is 0.271 e. The lowest BCUT2D eigenvalue weighted by Crippen LogP contribution is -2.38. The molecule has 3 aromatic rings. The molecule has 0 spiro atoms. The Balaban J connectivity index is 1.16. The minimum absolute atomic E-state index is 0.0692. The number of anilines is 3. The van der Waals surface area contributed by atoms with Gasteiger partial charge in [-0.05, 0) is 36.4 Å². The number of rotatable bonds is 8. The van der Waals surface area contributed by atoms with Gasteiger partial charge in [-0.3, -0.25) is 29.0 Å². The van der Waals surface area contributed by atoms with E-state index in [2.05, 4.69) is 47.1 Å². The van der Waals surface area contributed by atoms with Gasteiger partial charge < -0.3 is 21.5 Å². The van der Waals surface area contributed by atoms with Crippen LogP contribution in [0.5, 0.6) is 0 Å². The number of nitrogens with zero attached hydrogens (tertiary/aromatic N) is 5. The summed E-state index contributed by atoms with van der Waals surface area (Å²) in [5.74, 6) is 5.30. The van der Waals surface area contributed by atoms with E-state index in [1.165, 1.54) is 6.20 Å². The zero-order valence-corrected chi connectivity index (χ0v) is 24.6. The number of hydrogen-bond acceptors (Lipinski definition) is 11. The van der Waals surface area contributed by atoms with Crippen LogP contribution in [0, 0.1) is 17.8 Å². The normalized spacial score (nSPS) is 18.9. The Morgan fingerprint density at radius 3 is 3.00 bits per heavy atom. The van der Waals surface area contributed by atoms with Gasteiger partial charge in [0.1, 0.15) is 34.4 Å². The van der Waals surface area contributed by atoms with Crippen molar-refractivity contribution in [1.29, 1.82) is 0 Å². The van der Waals surface area contributed by atoms with Crippen LogP contribution in [0.15, 0.2) is 29.4 Å².